The third-order valence-electron chi connectivity index (χ3n) is 2.34. The van der Waals surface area contributed by atoms with Gasteiger partial charge in [-0.05, 0) is 38.8 Å². The molecule has 78 valence electrons. The van der Waals surface area contributed by atoms with Gasteiger partial charge in [-0.2, -0.15) is 0 Å². The zero-order valence-electron chi connectivity index (χ0n) is 8.97. The predicted octanol–water partition coefficient (Wildman–Crippen LogP) is 1.96. The highest BCUT2D eigenvalue weighted by Crippen LogP contribution is 2.31. The van der Waals surface area contributed by atoms with Gasteiger partial charge in [0.25, 0.3) is 0 Å². The molecule has 0 fully saturated rings. The Labute approximate surface area is 88.3 Å². The lowest BCUT2D eigenvalue weighted by molar-refractivity contribution is -0.117. The van der Waals surface area contributed by atoms with Crippen LogP contribution in [-0.4, -0.2) is 11.9 Å². The van der Waals surface area contributed by atoms with Crippen LogP contribution in [0.3, 0.4) is 0 Å². The molecule has 1 heterocycles. The second-order valence-corrected chi connectivity index (χ2v) is 4.74. The van der Waals surface area contributed by atoms with Gasteiger partial charge in [0.05, 0.1) is 11.0 Å². The first-order valence-electron chi connectivity index (χ1n) is 4.56. The summed E-state index contributed by atoms with van der Waals surface area (Å²) in [6, 6.07) is -0.461. The Hall–Kier alpha value is -0.870. The maximum absolute atomic E-state index is 11.4. The molecule has 0 aliphatic carbocycles. The van der Waals surface area contributed by atoms with E-state index in [4.69, 9.17) is 5.73 Å². The largest absolute Gasteiger partial charge is 0.320 e. The van der Waals surface area contributed by atoms with Crippen molar-refractivity contribution in [3.8, 4) is 0 Å². The quantitative estimate of drug-likeness (QED) is 0.787. The number of aryl methyl sites for hydroxylation is 1. The van der Waals surface area contributed by atoms with Gasteiger partial charge in [-0.3, -0.25) is 4.79 Å². The fraction of sp³-hybridized carbons (Fsp3) is 0.500. The number of thiophene rings is 1. The normalized spacial score (nSPS) is 12.6. The van der Waals surface area contributed by atoms with E-state index in [0.29, 0.717) is 0 Å². The number of carbonyl (C=O) groups excluding carboxylic acids is 1. The fourth-order valence-corrected chi connectivity index (χ4v) is 2.16. The van der Waals surface area contributed by atoms with E-state index in [1.54, 1.807) is 18.3 Å². The monoisotopic (exact) mass is 212 g/mol. The van der Waals surface area contributed by atoms with Crippen molar-refractivity contribution in [2.24, 2.45) is 5.73 Å². The number of hydrogen-bond acceptors (Lipinski definition) is 3. The van der Waals surface area contributed by atoms with Gasteiger partial charge in [-0.25, -0.2) is 0 Å². The van der Waals surface area contributed by atoms with Crippen LogP contribution in [0, 0.1) is 20.8 Å². The first kappa shape index (κ1) is 11.2. The van der Waals surface area contributed by atoms with Crippen molar-refractivity contribution in [2.75, 3.05) is 5.32 Å². The van der Waals surface area contributed by atoms with Crippen molar-refractivity contribution in [3.63, 3.8) is 0 Å². The zero-order chi connectivity index (χ0) is 10.9. The van der Waals surface area contributed by atoms with Gasteiger partial charge in [0.15, 0.2) is 0 Å². The average molecular weight is 212 g/mol. The van der Waals surface area contributed by atoms with E-state index in [1.807, 2.05) is 6.92 Å². The van der Waals surface area contributed by atoms with Crippen LogP contribution in [0.15, 0.2) is 0 Å². The number of nitrogens with one attached hydrogen (secondary N) is 1. The maximum atomic E-state index is 11.4. The number of amides is 1. The van der Waals surface area contributed by atoms with Crippen LogP contribution in [0.2, 0.25) is 0 Å². The Kier molecular flexibility index (Phi) is 3.29. The van der Waals surface area contributed by atoms with Crippen molar-refractivity contribution >= 4 is 22.2 Å². The van der Waals surface area contributed by atoms with Gasteiger partial charge in [0.2, 0.25) is 5.91 Å². The van der Waals surface area contributed by atoms with Crippen LogP contribution < -0.4 is 11.1 Å². The Morgan fingerprint density at radius 3 is 2.29 bits per heavy atom. The summed E-state index contributed by atoms with van der Waals surface area (Å²) < 4.78 is 0. The molecule has 0 unspecified atom stereocenters. The molecule has 3 nitrogen and oxygen atoms in total. The second-order valence-electron chi connectivity index (χ2n) is 3.52. The lowest BCUT2D eigenvalue weighted by Crippen LogP contribution is -2.32. The van der Waals surface area contributed by atoms with Gasteiger partial charge in [0.1, 0.15) is 0 Å². The van der Waals surface area contributed by atoms with Gasteiger partial charge in [0, 0.05) is 4.88 Å². The number of carbonyl (C=O) groups is 1. The zero-order valence-corrected chi connectivity index (χ0v) is 9.79. The maximum Gasteiger partial charge on any atom is 0.241 e. The highest BCUT2D eigenvalue weighted by atomic mass is 32.1. The van der Waals surface area contributed by atoms with E-state index in [-0.39, 0.29) is 5.91 Å². The van der Waals surface area contributed by atoms with Crippen LogP contribution in [-0.2, 0) is 4.79 Å². The van der Waals surface area contributed by atoms with Crippen molar-refractivity contribution < 1.29 is 4.79 Å². The first-order valence-corrected chi connectivity index (χ1v) is 5.38. The average Bonchev–Trinajstić information content (AvgIpc) is 2.33. The van der Waals surface area contributed by atoms with Crippen molar-refractivity contribution in [1.29, 1.82) is 0 Å². The molecule has 0 radical (unpaired) electrons. The highest BCUT2D eigenvalue weighted by Gasteiger charge is 2.13. The predicted molar refractivity (Wildman–Crippen MR) is 60.8 cm³/mol. The van der Waals surface area contributed by atoms with Crippen LogP contribution in [0.25, 0.3) is 0 Å². The minimum atomic E-state index is -0.461. The Balaban J connectivity index is 2.88. The van der Waals surface area contributed by atoms with Gasteiger partial charge >= 0.3 is 0 Å². The number of rotatable bonds is 2. The number of nitrogens with two attached hydrogens (primary N) is 1. The molecule has 0 spiro atoms. The molecule has 0 saturated heterocycles. The number of hydrogen-bond donors (Lipinski definition) is 2. The van der Waals surface area contributed by atoms with Crippen LogP contribution >= 0.6 is 11.3 Å². The van der Waals surface area contributed by atoms with Crippen LogP contribution in [0.4, 0.5) is 5.00 Å². The summed E-state index contributed by atoms with van der Waals surface area (Å²) >= 11 is 1.60. The Morgan fingerprint density at radius 2 is 1.93 bits per heavy atom. The molecule has 1 rings (SSSR count). The SMILES string of the molecule is Cc1sc(NC(=O)[C@@H](C)N)c(C)c1C. The third kappa shape index (κ3) is 2.13. The first-order chi connectivity index (χ1) is 6.43. The van der Waals surface area contributed by atoms with Crippen molar-refractivity contribution in [1.82, 2.24) is 0 Å². The summed E-state index contributed by atoms with van der Waals surface area (Å²) in [6.07, 6.45) is 0. The van der Waals surface area contributed by atoms with Crippen molar-refractivity contribution in [2.45, 2.75) is 33.7 Å². The molecule has 1 amide bonds. The van der Waals surface area contributed by atoms with Crippen LogP contribution in [0.5, 0.6) is 0 Å². The molecule has 4 heteroatoms. The molecule has 1 aromatic rings. The lowest BCUT2D eigenvalue weighted by Gasteiger charge is -2.06. The van der Waals surface area contributed by atoms with Crippen LogP contribution in [0.1, 0.15) is 22.9 Å². The topological polar surface area (TPSA) is 55.1 Å². The molecule has 1 aromatic heterocycles. The van der Waals surface area contributed by atoms with Gasteiger partial charge < -0.3 is 11.1 Å². The van der Waals surface area contributed by atoms with E-state index in [2.05, 4.69) is 19.2 Å². The molecule has 1 atom stereocenters. The summed E-state index contributed by atoms with van der Waals surface area (Å²) in [5, 5.41) is 3.74. The molecule has 14 heavy (non-hydrogen) atoms. The molecule has 0 aromatic carbocycles. The fourth-order valence-electron chi connectivity index (χ4n) is 1.09. The molecule has 0 saturated carbocycles. The molecular weight excluding hydrogens is 196 g/mol. The summed E-state index contributed by atoms with van der Waals surface area (Å²) in [5.74, 6) is -0.130. The smallest absolute Gasteiger partial charge is 0.241 e. The molecule has 0 aliphatic heterocycles. The summed E-state index contributed by atoms with van der Waals surface area (Å²) in [7, 11) is 0. The standard InChI is InChI=1S/C10H16N2OS/c1-5-6(2)10(14-8(5)4)12-9(13)7(3)11/h7H,11H2,1-4H3,(H,12,13)/t7-/m1/s1. The summed E-state index contributed by atoms with van der Waals surface area (Å²) in [6.45, 7) is 7.80. The molecule has 3 N–H and O–H groups in total. The molecular formula is C10H16N2OS. The Bertz CT molecular complexity index is 355. The molecule has 0 aliphatic rings. The van der Waals surface area contributed by atoms with E-state index in [1.165, 1.54) is 10.4 Å². The van der Waals surface area contributed by atoms with E-state index < -0.39 is 6.04 Å². The lowest BCUT2D eigenvalue weighted by atomic mass is 10.2. The summed E-state index contributed by atoms with van der Waals surface area (Å²) in [5.41, 5.74) is 7.86. The third-order valence-corrected chi connectivity index (χ3v) is 3.56. The minimum Gasteiger partial charge on any atom is -0.320 e. The second kappa shape index (κ2) is 4.11. The Morgan fingerprint density at radius 1 is 1.36 bits per heavy atom. The van der Waals surface area contributed by atoms with E-state index in [9.17, 15) is 4.79 Å². The van der Waals surface area contributed by atoms with Gasteiger partial charge in [-0.15, -0.1) is 11.3 Å². The van der Waals surface area contributed by atoms with Crippen molar-refractivity contribution in [3.05, 3.63) is 16.0 Å². The number of anilines is 1. The summed E-state index contributed by atoms with van der Waals surface area (Å²) in [4.78, 5) is 12.6. The highest BCUT2D eigenvalue weighted by molar-refractivity contribution is 7.16. The molecule has 0 bridgehead atoms. The van der Waals surface area contributed by atoms with E-state index >= 15 is 0 Å². The van der Waals surface area contributed by atoms with E-state index in [0.717, 1.165) is 10.6 Å². The van der Waals surface area contributed by atoms with Gasteiger partial charge in [-0.1, -0.05) is 0 Å². The minimum absolute atomic E-state index is 0.130.